The number of esters is 2. The Morgan fingerprint density at radius 2 is 1.24 bits per heavy atom. The van der Waals surface area contributed by atoms with Gasteiger partial charge in [0.2, 0.25) is 0 Å². The van der Waals surface area contributed by atoms with Gasteiger partial charge in [0.25, 0.3) is 0 Å². The smallest absolute Gasteiger partial charge is 0.323 e. The van der Waals surface area contributed by atoms with Crippen LogP contribution in [0.5, 0.6) is 0 Å². The molecule has 0 aliphatic heterocycles. The second-order valence-electron chi connectivity index (χ2n) is 9.05. The van der Waals surface area contributed by atoms with Crippen molar-refractivity contribution in [3.05, 3.63) is 0 Å². The lowest BCUT2D eigenvalue weighted by molar-refractivity contribution is -0.173. The van der Waals surface area contributed by atoms with Crippen molar-refractivity contribution < 1.29 is 19.1 Å². The lowest BCUT2D eigenvalue weighted by Crippen LogP contribution is -2.41. The second kappa shape index (κ2) is 16.7. The lowest BCUT2D eigenvalue weighted by Gasteiger charge is -2.27. The summed E-state index contributed by atoms with van der Waals surface area (Å²) < 4.78 is 11.0. The fourth-order valence-electron chi connectivity index (χ4n) is 3.61. The van der Waals surface area contributed by atoms with Crippen molar-refractivity contribution in [3.63, 3.8) is 0 Å². The first-order valence-corrected chi connectivity index (χ1v) is 12.2. The summed E-state index contributed by atoms with van der Waals surface area (Å²) in [5, 5.41) is 0. The van der Waals surface area contributed by atoms with Crippen LogP contribution in [0.4, 0.5) is 0 Å². The van der Waals surface area contributed by atoms with Crippen molar-refractivity contribution in [2.75, 3.05) is 13.2 Å². The standard InChI is InChI=1S/C25H48O4/c1-7-10-11-12-13-14-19-28-23(26)25(8-2,9-3)24(27)29-20-18-22(6)17-15-16-21(4)5/h21-22H,7-20H2,1-6H3. The average molecular weight is 413 g/mol. The fourth-order valence-corrected chi connectivity index (χ4v) is 3.61. The Hall–Kier alpha value is -1.06. The first-order valence-electron chi connectivity index (χ1n) is 12.2. The predicted octanol–water partition coefficient (Wildman–Crippen LogP) is 7.09. The summed E-state index contributed by atoms with van der Waals surface area (Å²) in [7, 11) is 0. The zero-order valence-electron chi connectivity index (χ0n) is 20.2. The number of carbonyl (C=O) groups is 2. The third-order valence-corrected chi connectivity index (χ3v) is 6.04. The van der Waals surface area contributed by atoms with E-state index in [1.54, 1.807) is 0 Å². The molecule has 0 aliphatic rings. The van der Waals surface area contributed by atoms with Gasteiger partial charge in [-0.2, -0.15) is 0 Å². The third kappa shape index (κ3) is 11.6. The molecule has 0 spiro atoms. The molecule has 4 heteroatoms. The molecule has 29 heavy (non-hydrogen) atoms. The maximum Gasteiger partial charge on any atom is 0.323 e. The SMILES string of the molecule is CCCCCCCCOC(=O)C(CC)(CC)C(=O)OCCC(C)CCCC(C)C. The highest BCUT2D eigenvalue weighted by molar-refractivity contribution is 5.99. The molecule has 172 valence electrons. The summed E-state index contributed by atoms with van der Waals surface area (Å²) in [6.45, 7) is 13.4. The minimum Gasteiger partial charge on any atom is -0.465 e. The zero-order chi connectivity index (χ0) is 22.1. The number of hydrogen-bond donors (Lipinski definition) is 0. The van der Waals surface area contributed by atoms with Gasteiger partial charge in [-0.15, -0.1) is 0 Å². The van der Waals surface area contributed by atoms with Crippen molar-refractivity contribution in [1.29, 1.82) is 0 Å². The van der Waals surface area contributed by atoms with Gasteiger partial charge in [-0.1, -0.05) is 92.9 Å². The molecule has 0 amide bonds. The highest BCUT2D eigenvalue weighted by Crippen LogP contribution is 2.30. The van der Waals surface area contributed by atoms with Crippen molar-refractivity contribution in [1.82, 2.24) is 0 Å². The van der Waals surface area contributed by atoms with Crippen LogP contribution in [-0.4, -0.2) is 25.2 Å². The van der Waals surface area contributed by atoms with Crippen LogP contribution in [0.3, 0.4) is 0 Å². The molecular formula is C25H48O4. The molecule has 0 saturated carbocycles. The summed E-state index contributed by atoms with van der Waals surface area (Å²) in [6, 6.07) is 0. The zero-order valence-corrected chi connectivity index (χ0v) is 20.2. The number of ether oxygens (including phenoxy) is 2. The molecule has 0 heterocycles. The Balaban J connectivity index is 4.34. The maximum absolute atomic E-state index is 12.7. The van der Waals surface area contributed by atoms with Crippen molar-refractivity contribution in [2.24, 2.45) is 17.3 Å². The van der Waals surface area contributed by atoms with Crippen LogP contribution < -0.4 is 0 Å². The largest absolute Gasteiger partial charge is 0.465 e. The summed E-state index contributed by atoms with van der Waals surface area (Å²) in [4.78, 5) is 25.4. The fraction of sp³-hybridized carbons (Fsp3) is 0.920. The van der Waals surface area contributed by atoms with Crippen LogP contribution in [0.1, 0.15) is 119 Å². The van der Waals surface area contributed by atoms with E-state index in [4.69, 9.17) is 9.47 Å². The molecule has 0 radical (unpaired) electrons. The summed E-state index contributed by atoms with van der Waals surface area (Å²) >= 11 is 0. The van der Waals surface area contributed by atoms with Gasteiger partial charge < -0.3 is 9.47 Å². The quantitative estimate of drug-likeness (QED) is 0.137. The number of rotatable bonds is 18. The van der Waals surface area contributed by atoms with Gasteiger partial charge in [-0.05, 0) is 37.5 Å². The molecule has 0 aromatic carbocycles. The van der Waals surface area contributed by atoms with E-state index in [1.165, 1.54) is 38.5 Å². The predicted molar refractivity (Wildman–Crippen MR) is 121 cm³/mol. The molecule has 0 bridgehead atoms. The number of carbonyl (C=O) groups excluding carboxylic acids is 2. The van der Waals surface area contributed by atoms with Gasteiger partial charge in [0.05, 0.1) is 13.2 Å². The van der Waals surface area contributed by atoms with Crippen LogP contribution in [0.25, 0.3) is 0 Å². The molecule has 0 aliphatic carbocycles. The van der Waals surface area contributed by atoms with Gasteiger partial charge in [0.1, 0.15) is 0 Å². The van der Waals surface area contributed by atoms with E-state index in [1.807, 2.05) is 13.8 Å². The summed E-state index contributed by atoms with van der Waals surface area (Å²) in [5.41, 5.74) is -1.15. The molecule has 0 N–H and O–H groups in total. The number of unbranched alkanes of at least 4 members (excludes halogenated alkanes) is 5. The topological polar surface area (TPSA) is 52.6 Å². The molecule has 1 unspecified atom stereocenters. The molecule has 0 fully saturated rings. The van der Waals surface area contributed by atoms with Crippen molar-refractivity contribution in [2.45, 2.75) is 119 Å². The Labute approximate surface area is 180 Å². The molecule has 1 atom stereocenters. The first-order chi connectivity index (χ1) is 13.8. The van der Waals surface area contributed by atoms with Crippen molar-refractivity contribution >= 4 is 11.9 Å². The van der Waals surface area contributed by atoms with Crippen molar-refractivity contribution in [3.8, 4) is 0 Å². The Kier molecular flexibility index (Phi) is 16.1. The first kappa shape index (κ1) is 27.9. The number of hydrogen-bond acceptors (Lipinski definition) is 4. The van der Waals surface area contributed by atoms with E-state index in [0.29, 0.717) is 32.0 Å². The van der Waals surface area contributed by atoms with Crippen LogP contribution in [-0.2, 0) is 19.1 Å². The molecule has 0 saturated heterocycles. The molecule has 0 aromatic rings. The summed E-state index contributed by atoms with van der Waals surface area (Å²) in [5.74, 6) is 0.437. The van der Waals surface area contributed by atoms with Gasteiger partial charge in [-0.3, -0.25) is 9.59 Å². The van der Waals surface area contributed by atoms with Gasteiger partial charge in [-0.25, -0.2) is 0 Å². The van der Waals surface area contributed by atoms with Crippen LogP contribution in [0.15, 0.2) is 0 Å². The van der Waals surface area contributed by atoms with Crippen LogP contribution in [0, 0.1) is 17.3 Å². The molecule has 0 aromatic heterocycles. The Morgan fingerprint density at radius 3 is 1.79 bits per heavy atom. The van der Waals surface area contributed by atoms with Gasteiger partial charge in [0, 0.05) is 0 Å². The van der Waals surface area contributed by atoms with E-state index in [9.17, 15) is 9.59 Å². The van der Waals surface area contributed by atoms with E-state index in [-0.39, 0.29) is 0 Å². The monoisotopic (exact) mass is 412 g/mol. The highest BCUT2D eigenvalue weighted by atomic mass is 16.6. The van der Waals surface area contributed by atoms with E-state index in [0.717, 1.165) is 31.6 Å². The highest BCUT2D eigenvalue weighted by Gasteiger charge is 2.45. The third-order valence-electron chi connectivity index (χ3n) is 6.04. The second-order valence-corrected chi connectivity index (χ2v) is 9.05. The minimum absolute atomic E-state index is 0.383. The molecule has 4 nitrogen and oxygen atoms in total. The lowest BCUT2D eigenvalue weighted by atomic mass is 9.82. The Morgan fingerprint density at radius 1 is 0.690 bits per heavy atom. The maximum atomic E-state index is 12.7. The average Bonchev–Trinajstić information content (AvgIpc) is 2.68. The van der Waals surface area contributed by atoms with Crippen LogP contribution >= 0.6 is 0 Å². The van der Waals surface area contributed by atoms with E-state index < -0.39 is 17.4 Å². The Bertz CT molecular complexity index is 427. The van der Waals surface area contributed by atoms with Gasteiger partial charge in [0.15, 0.2) is 5.41 Å². The minimum atomic E-state index is -1.15. The summed E-state index contributed by atoms with van der Waals surface area (Å²) in [6.07, 6.45) is 12.1. The molecule has 0 rings (SSSR count). The van der Waals surface area contributed by atoms with E-state index >= 15 is 0 Å². The van der Waals surface area contributed by atoms with Crippen LogP contribution in [0.2, 0.25) is 0 Å². The van der Waals surface area contributed by atoms with E-state index in [2.05, 4.69) is 27.7 Å². The normalized spacial score (nSPS) is 12.8. The molecular weight excluding hydrogens is 364 g/mol. The van der Waals surface area contributed by atoms with Gasteiger partial charge >= 0.3 is 11.9 Å².